The normalized spacial score (nSPS) is 17.8. The van der Waals surface area contributed by atoms with Crippen LogP contribution in [0.1, 0.15) is 42.5 Å². The second-order valence-electron chi connectivity index (χ2n) is 8.76. The Kier molecular flexibility index (Phi) is 7.84. The van der Waals surface area contributed by atoms with Crippen molar-refractivity contribution in [1.29, 1.82) is 0 Å². The summed E-state index contributed by atoms with van der Waals surface area (Å²) < 4.78 is 25.2. The van der Waals surface area contributed by atoms with Gasteiger partial charge in [-0.15, -0.1) is 0 Å². The van der Waals surface area contributed by atoms with Crippen molar-refractivity contribution in [1.82, 2.24) is 5.32 Å². The van der Waals surface area contributed by atoms with Gasteiger partial charge < -0.3 is 19.7 Å². The van der Waals surface area contributed by atoms with E-state index in [2.05, 4.69) is 5.32 Å². The number of ketones is 1. The molecule has 0 aromatic heterocycles. The minimum absolute atomic E-state index is 0.0262. The summed E-state index contributed by atoms with van der Waals surface area (Å²) in [5, 5.41) is 2.71. The summed E-state index contributed by atoms with van der Waals surface area (Å²) in [6, 6.07) is 11.5. The van der Waals surface area contributed by atoms with Crippen molar-refractivity contribution >= 4 is 29.2 Å². The summed E-state index contributed by atoms with van der Waals surface area (Å²) in [7, 11) is 1.55. The summed E-state index contributed by atoms with van der Waals surface area (Å²) in [6.07, 6.45) is 2.20. The van der Waals surface area contributed by atoms with Crippen LogP contribution >= 0.6 is 0 Å². The molecular weight excluding hydrogens is 453 g/mol. The highest BCUT2D eigenvalue weighted by Gasteiger charge is 2.33. The van der Waals surface area contributed by atoms with Gasteiger partial charge in [0, 0.05) is 31.5 Å². The summed E-state index contributed by atoms with van der Waals surface area (Å²) in [5.41, 5.74) is 1.48. The number of nitrogens with one attached hydrogen (secondary N) is 1. The fourth-order valence-corrected chi connectivity index (χ4v) is 4.36. The summed E-state index contributed by atoms with van der Waals surface area (Å²) in [4.78, 5) is 40.2. The molecule has 2 heterocycles. The first kappa shape index (κ1) is 24.5. The maximum absolute atomic E-state index is 14.8. The van der Waals surface area contributed by atoms with Crippen molar-refractivity contribution in [3.8, 4) is 5.75 Å². The number of benzene rings is 2. The van der Waals surface area contributed by atoms with E-state index in [-0.39, 0.29) is 43.4 Å². The molecule has 1 unspecified atom stereocenters. The molecule has 186 valence electrons. The number of carbonyl (C=O) groups excluding carboxylic acids is 3. The van der Waals surface area contributed by atoms with Crippen LogP contribution in [0.15, 0.2) is 42.5 Å². The maximum atomic E-state index is 14.8. The Balaban J connectivity index is 1.24. The van der Waals surface area contributed by atoms with Gasteiger partial charge in [0.2, 0.25) is 5.91 Å². The smallest absolute Gasteiger partial charge is 0.414 e. The van der Waals surface area contributed by atoms with Crippen LogP contribution in [0.2, 0.25) is 0 Å². The third kappa shape index (κ3) is 6.09. The van der Waals surface area contributed by atoms with E-state index >= 15 is 0 Å². The van der Waals surface area contributed by atoms with Gasteiger partial charge >= 0.3 is 6.09 Å². The van der Waals surface area contributed by atoms with Crippen molar-refractivity contribution in [2.24, 2.45) is 0 Å². The molecule has 0 aliphatic carbocycles. The van der Waals surface area contributed by atoms with Crippen LogP contribution < -0.4 is 19.9 Å². The van der Waals surface area contributed by atoms with E-state index in [4.69, 9.17) is 9.47 Å². The molecule has 2 aliphatic rings. The Morgan fingerprint density at radius 1 is 1.09 bits per heavy atom. The Labute approximate surface area is 204 Å². The zero-order chi connectivity index (χ0) is 24.8. The van der Waals surface area contributed by atoms with Gasteiger partial charge in [-0.2, -0.15) is 0 Å². The topological polar surface area (TPSA) is 88.2 Å². The largest absolute Gasteiger partial charge is 0.497 e. The lowest BCUT2D eigenvalue weighted by atomic mass is 10.1. The van der Waals surface area contributed by atoms with E-state index in [9.17, 15) is 18.8 Å². The van der Waals surface area contributed by atoms with Gasteiger partial charge in [0.1, 0.15) is 17.7 Å². The Morgan fingerprint density at radius 3 is 2.51 bits per heavy atom. The van der Waals surface area contributed by atoms with Crippen LogP contribution in [-0.2, 0) is 9.53 Å². The molecule has 9 heteroatoms. The molecule has 0 radical (unpaired) electrons. The van der Waals surface area contributed by atoms with E-state index in [0.29, 0.717) is 22.7 Å². The van der Waals surface area contributed by atoms with E-state index < -0.39 is 12.2 Å². The molecule has 35 heavy (non-hydrogen) atoms. The number of halogens is 1. The highest BCUT2D eigenvalue weighted by atomic mass is 19.1. The summed E-state index contributed by atoms with van der Waals surface area (Å²) >= 11 is 0. The lowest BCUT2D eigenvalue weighted by molar-refractivity contribution is -0.121. The highest BCUT2D eigenvalue weighted by Crippen LogP contribution is 2.29. The van der Waals surface area contributed by atoms with Crippen molar-refractivity contribution < 1.29 is 28.2 Å². The van der Waals surface area contributed by atoms with Gasteiger partial charge in [-0.25, -0.2) is 9.18 Å². The number of piperidine rings is 1. The van der Waals surface area contributed by atoms with E-state index in [0.717, 1.165) is 32.4 Å². The molecule has 4 rings (SSSR count). The first-order valence-electron chi connectivity index (χ1n) is 11.9. The maximum Gasteiger partial charge on any atom is 0.414 e. The number of ether oxygens (including phenoxy) is 2. The molecule has 0 spiro atoms. The average molecular weight is 484 g/mol. The van der Waals surface area contributed by atoms with Crippen LogP contribution in [0.3, 0.4) is 0 Å². The first-order chi connectivity index (χ1) is 16.9. The lowest BCUT2D eigenvalue weighted by Crippen LogP contribution is -2.34. The number of cyclic esters (lactones) is 1. The Morgan fingerprint density at radius 2 is 1.83 bits per heavy atom. The number of amides is 2. The van der Waals surface area contributed by atoms with Crippen molar-refractivity contribution in [3.63, 3.8) is 0 Å². The fourth-order valence-electron chi connectivity index (χ4n) is 4.36. The second-order valence-corrected chi connectivity index (χ2v) is 8.76. The third-order valence-corrected chi connectivity index (χ3v) is 6.33. The molecule has 2 aromatic rings. The number of rotatable bonds is 9. The zero-order valence-corrected chi connectivity index (χ0v) is 19.8. The number of methoxy groups -OCH3 is 1. The van der Waals surface area contributed by atoms with Crippen molar-refractivity contribution in [2.45, 2.75) is 38.2 Å². The van der Waals surface area contributed by atoms with Gasteiger partial charge in [-0.1, -0.05) is 0 Å². The zero-order valence-electron chi connectivity index (χ0n) is 19.8. The number of anilines is 2. The van der Waals surface area contributed by atoms with Gasteiger partial charge in [-0.05, 0) is 61.7 Å². The molecule has 2 aliphatic heterocycles. The lowest BCUT2D eigenvalue weighted by Gasteiger charge is -2.29. The molecule has 2 amide bonds. The molecule has 8 nitrogen and oxygen atoms in total. The van der Waals surface area contributed by atoms with Gasteiger partial charge in [0.15, 0.2) is 5.78 Å². The predicted molar refractivity (Wildman–Crippen MR) is 130 cm³/mol. The molecule has 2 saturated heterocycles. The van der Waals surface area contributed by atoms with Gasteiger partial charge in [0.25, 0.3) is 0 Å². The number of hydrogen-bond donors (Lipinski definition) is 1. The summed E-state index contributed by atoms with van der Waals surface area (Å²) in [6.45, 7) is 1.98. The Hall–Kier alpha value is -3.62. The van der Waals surface area contributed by atoms with Crippen LogP contribution in [0.25, 0.3) is 0 Å². The average Bonchev–Trinajstić information content (AvgIpc) is 3.26. The standard InChI is InChI=1S/C26H30FN3O5/c1-34-20-8-5-18(6-9-20)24(31)11-12-25(32)28-16-21-17-30(26(33)35-21)19-7-10-23(22(27)15-19)29-13-3-2-4-14-29/h5-10,15,21H,2-4,11-14,16-17H2,1H3,(H,28,32). The number of hydrogen-bond acceptors (Lipinski definition) is 6. The van der Waals surface area contributed by atoms with Crippen LogP contribution in [-0.4, -0.2) is 57.2 Å². The monoisotopic (exact) mass is 483 g/mol. The van der Waals surface area contributed by atoms with Crippen molar-refractivity contribution in [2.75, 3.05) is 43.1 Å². The highest BCUT2D eigenvalue weighted by molar-refractivity contribution is 5.98. The van der Waals surface area contributed by atoms with Crippen molar-refractivity contribution in [3.05, 3.63) is 53.8 Å². The number of Topliss-reactive ketones (excluding diaryl/α,β-unsaturated/α-hetero) is 1. The minimum Gasteiger partial charge on any atom is -0.497 e. The SMILES string of the molecule is COc1ccc(C(=O)CCC(=O)NCC2CN(c3ccc(N4CCCCC4)c(F)c3)C(=O)O2)cc1. The predicted octanol–water partition coefficient (Wildman–Crippen LogP) is 3.93. The van der Waals surface area contributed by atoms with E-state index in [1.165, 1.54) is 11.0 Å². The molecule has 0 saturated carbocycles. The molecular formula is C26H30FN3O5. The van der Waals surface area contributed by atoms with Crippen LogP contribution in [0.4, 0.5) is 20.6 Å². The minimum atomic E-state index is -0.580. The van der Waals surface area contributed by atoms with Crippen LogP contribution in [0, 0.1) is 5.82 Å². The van der Waals surface area contributed by atoms with Gasteiger partial charge in [-0.3, -0.25) is 14.5 Å². The second kappa shape index (κ2) is 11.2. The molecule has 1 N–H and O–H groups in total. The third-order valence-electron chi connectivity index (χ3n) is 6.33. The Bertz CT molecular complexity index is 1070. The number of nitrogens with zero attached hydrogens (tertiary/aromatic N) is 2. The molecule has 0 bridgehead atoms. The first-order valence-corrected chi connectivity index (χ1v) is 11.9. The quantitative estimate of drug-likeness (QED) is 0.544. The van der Waals surface area contributed by atoms with Crippen LogP contribution in [0.5, 0.6) is 5.75 Å². The summed E-state index contributed by atoms with van der Waals surface area (Å²) in [5.74, 6) is -0.162. The van der Waals surface area contributed by atoms with E-state index in [1.54, 1.807) is 43.5 Å². The molecule has 2 aromatic carbocycles. The van der Waals surface area contributed by atoms with E-state index in [1.807, 2.05) is 4.90 Å². The molecule has 1 atom stereocenters. The fraction of sp³-hybridized carbons (Fsp3) is 0.423. The number of carbonyl (C=O) groups is 3. The van der Waals surface area contributed by atoms with Gasteiger partial charge in [0.05, 0.1) is 31.6 Å². The molecule has 2 fully saturated rings.